The Morgan fingerprint density at radius 2 is 1.63 bits per heavy atom. The van der Waals surface area contributed by atoms with Gasteiger partial charge in [-0.2, -0.15) is 0 Å². The Kier molecular flexibility index (Phi) is 4.37. The minimum Gasteiger partial charge on any atom is -0.457 e. The molecule has 1 N–H and O–H groups in total. The Labute approximate surface area is 154 Å². The van der Waals surface area contributed by atoms with Gasteiger partial charge in [0.2, 0.25) is 0 Å². The molecule has 2 aromatic carbocycles. The van der Waals surface area contributed by atoms with E-state index in [2.05, 4.69) is 10.3 Å². The van der Waals surface area contributed by atoms with Crippen LogP contribution in [-0.2, 0) is 0 Å². The number of aromatic nitrogens is 1. The molecule has 4 aromatic rings. The van der Waals surface area contributed by atoms with Gasteiger partial charge in [-0.15, -0.1) is 0 Å². The Hall–Kier alpha value is -3.93. The van der Waals surface area contributed by atoms with E-state index in [1.54, 1.807) is 73.1 Å². The maximum Gasteiger partial charge on any atom is 0.291 e. The molecule has 0 radical (unpaired) electrons. The summed E-state index contributed by atoms with van der Waals surface area (Å²) in [4.78, 5) is 28.4. The fraction of sp³-hybridized carbons (Fsp3) is 0. The first kappa shape index (κ1) is 16.5. The number of ether oxygens (including phenoxy) is 1. The van der Waals surface area contributed by atoms with Gasteiger partial charge in [-0.1, -0.05) is 12.1 Å². The van der Waals surface area contributed by atoms with Crippen LogP contribution in [-0.4, -0.2) is 10.9 Å². The van der Waals surface area contributed by atoms with Crippen molar-refractivity contribution in [3.8, 4) is 11.5 Å². The lowest BCUT2D eigenvalue weighted by atomic mass is 10.2. The van der Waals surface area contributed by atoms with Crippen LogP contribution in [0.4, 0.5) is 5.69 Å². The van der Waals surface area contributed by atoms with Crippen molar-refractivity contribution in [2.75, 3.05) is 5.32 Å². The van der Waals surface area contributed by atoms with Crippen LogP contribution in [0.25, 0.3) is 11.0 Å². The van der Waals surface area contributed by atoms with Crippen molar-refractivity contribution in [1.29, 1.82) is 0 Å². The van der Waals surface area contributed by atoms with Crippen molar-refractivity contribution in [2.24, 2.45) is 0 Å². The third kappa shape index (κ3) is 3.69. The van der Waals surface area contributed by atoms with Crippen molar-refractivity contribution in [3.63, 3.8) is 0 Å². The number of carbonyl (C=O) groups excluding carboxylic acids is 1. The van der Waals surface area contributed by atoms with E-state index < -0.39 is 5.91 Å². The number of para-hydroxylation sites is 1. The normalized spacial score (nSPS) is 10.5. The molecular formula is C21H14N2O4. The molecule has 1 amide bonds. The molecule has 6 heteroatoms. The monoisotopic (exact) mass is 358 g/mol. The van der Waals surface area contributed by atoms with Crippen molar-refractivity contribution in [3.05, 3.63) is 95.1 Å². The average Bonchev–Trinajstić information content (AvgIpc) is 2.70. The summed E-state index contributed by atoms with van der Waals surface area (Å²) in [7, 11) is 0. The molecule has 0 aliphatic rings. The van der Waals surface area contributed by atoms with Crippen LogP contribution in [0, 0.1) is 0 Å². The zero-order valence-corrected chi connectivity index (χ0v) is 14.1. The minimum absolute atomic E-state index is 0.0455. The second-order valence-electron chi connectivity index (χ2n) is 5.73. The summed E-state index contributed by atoms with van der Waals surface area (Å²) in [5, 5.41) is 3.14. The largest absolute Gasteiger partial charge is 0.457 e. The van der Waals surface area contributed by atoms with E-state index in [0.29, 0.717) is 28.2 Å². The maximum atomic E-state index is 12.4. The standard InChI is InChI=1S/C21H14N2O4/c24-18-13-20(27-19-4-2-1-3-17(18)19)21(25)23-14-5-7-15(8-6-14)26-16-9-11-22-12-10-16/h1-13H,(H,23,25). The van der Waals surface area contributed by atoms with E-state index in [9.17, 15) is 9.59 Å². The fourth-order valence-electron chi connectivity index (χ4n) is 2.56. The van der Waals surface area contributed by atoms with Crippen molar-refractivity contribution in [2.45, 2.75) is 0 Å². The lowest BCUT2D eigenvalue weighted by Gasteiger charge is -2.08. The smallest absolute Gasteiger partial charge is 0.291 e. The molecule has 132 valence electrons. The van der Waals surface area contributed by atoms with Crippen LogP contribution in [0.5, 0.6) is 11.5 Å². The average molecular weight is 358 g/mol. The minimum atomic E-state index is -0.499. The van der Waals surface area contributed by atoms with E-state index in [4.69, 9.17) is 9.15 Å². The number of nitrogens with one attached hydrogen (secondary N) is 1. The van der Waals surface area contributed by atoms with Crippen LogP contribution in [0.15, 0.2) is 88.3 Å². The third-order valence-electron chi connectivity index (χ3n) is 3.86. The molecule has 0 spiro atoms. The highest BCUT2D eigenvalue weighted by atomic mass is 16.5. The summed E-state index contributed by atoms with van der Waals surface area (Å²) in [6.45, 7) is 0. The summed E-state index contributed by atoms with van der Waals surface area (Å²) >= 11 is 0. The summed E-state index contributed by atoms with van der Waals surface area (Å²) in [6, 6.07) is 18.3. The van der Waals surface area contributed by atoms with Gasteiger partial charge >= 0.3 is 0 Å². The Morgan fingerprint density at radius 3 is 2.41 bits per heavy atom. The van der Waals surface area contributed by atoms with Gasteiger partial charge in [-0.3, -0.25) is 14.6 Å². The summed E-state index contributed by atoms with van der Waals surface area (Å²) in [5.41, 5.74) is 0.664. The van der Waals surface area contributed by atoms with Gasteiger partial charge in [0, 0.05) is 24.1 Å². The van der Waals surface area contributed by atoms with Crippen LogP contribution in [0.2, 0.25) is 0 Å². The second-order valence-corrected chi connectivity index (χ2v) is 5.73. The highest BCUT2D eigenvalue weighted by Crippen LogP contribution is 2.22. The number of carbonyl (C=O) groups is 1. The predicted octanol–water partition coefficient (Wildman–Crippen LogP) is 4.23. The van der Waals surface area contributed by atoms with Gasteiger partial charge in [0.1, 0.15) is 17.1 Å². The molecule has 0 aliphatic heterocycles. The summed E-state index contributed by atoms with van der Waals surface area (Å²) in [5.74, 6) is 0.743. The molecule has 6 nitrogen and oxygen atoms in total. The fourth-order valence-corrected chi connectivity index (χ4v) is 2.56. The van der Waals surface area contributed by atoms with Gasteiger partial charge in [0.25, 0.3) is 5.91 Å². The summed E-state index contributed by atoms with van der Waals surface area (Å²) in [6.07, 6.45) is 3.28. The lowest BCUT2D eigenvalue weighted by molar-refractivity contribution is 0.0997. The van der Waals surface area contributed by atoms with E-state index in [1.807, 2.05) is 0 Å². The number of rotatable bonds is 4. The second kappa shape index (κ2) is 7.13. The number of benzene rings is 2. The van der Waals surface area contributed by atoms with Gasteiger partial charge in [0.15, 0.2) is 11.2 Å². The topological polar surface area (TPSA) is 81.4 Å². The SMILES string of the molecule is O=C(Nc1ccc(Oc2ccncc2)cc1)c1cc(=O)c2ccccc2o1. The molecule has 2 heterocycles. The first-order chi connectivity index (χ1) is 13.2. The Bertz CT molecular complexity index is 1150. The zero-order chi connectivity index (χ0) is 18.6. The number of fused-ring (bicyclic) bond motifs is 1. The molecular weight excluding hydrogens is 344 g/mol. The third-order valence-corrected chi connectivity index (χ3v) is 3.86. The molecule has 2 aromatic heterocycles. The summed E-state index contributed by atoms with van der Waals surface area (Å²) < 4.78 is 11.2. The molecule has 0 saturated carbocycles. The number of anilines is 1. The van der Waals surface area contributed by atoms with Crippen LogP contribution < -0.4 is 15.5 Å². The number of hydrogen-bond donors (Lipinski definition) is 1. The number of pyridine rings is 1. The van der Waals surface area contributed by atoms with Gasteiger partial charge in [-0.25, -0.2) is 0 Å². The van der Waals surface area contributed by atoms with Gasteiger partial charge < -0.3 is 14.5 Å². The van der Waals surface area contributed by atoms with Gasteiger partial charge in [-0.05, 0) is 48.5 Å². The van der Waals surface area contributed by atoms with E-state index >= 15 is 0 Å². The number of amides is 1. The van der Waals surface area contributed by atoms with E-state index in [1.165, 1.54) is 6.07 Å². The van der Waals surface area contributed by atoms with Crippen LogP contribution >= 0.6 is 0 Å². The molecule has 0 fully saturated rings. The van der Waals surface area contributed by atoms with Crippen molar-refractivity contribution < 1.29 is 13.9 Å². The zero-order valence-electron chi connectivity index (χ0n) is 14.1. The Balaban J connectivity index is 1.50. The van der Waals surface area contributed by atoms with Gasteiger partial charge in [0.05, 0.1) is 5.39 Å². The predicted molar refractivity (Wildman–Crippen MR) is 101 cm³/mol. The Morgan fingerprint density at radius 1 is 0.926 bits per heavy atom. The highest BCUT2D eigenvalue weighted by molar-refractivity contribution is 6.02. The molecule has 0 saturated heterocycles. The number of nitrogens with zero attached hydrogens (tertiary/aromatic N) is 1. The van der Waals surface area contributed by atoms with E-state index in [0.717, 1.165) is 0 Å². The molecule has 4 rings (SSSR count). The highest BCUT2D eigenvalue weighted by Gasteiger charge is 2.12. The first-order valence-corrected chi connectivity index (χ1v) is 8.21. The molecule has 0 aliphatic carbocycles. The first-order valence-electron chi connectivity index (χ1n) is 8.21. The lowest BCUT2D eigenvalue weighted by Crippen LogP contribution is -2.14. The maximum absolute atomic E-state index is 12.4. The molecule has 27 heavy (non-hydrogen) atoms. The number of hydrogen-bond acceptors (Lipinski definition) is 5. The molecule has 0 bridgehead atoms. The molecule has 0 unspecified atom stereocenters. The quantitative estimate of drug-likeness (QED) is 0.590. The van der Waals surface area contributed by atoms with Crippen LogP contribution in [0.3, 0.4) is 0 Å². The van der Waals surface area contributed by atoms with Crippen LogP contribution in [0.1, 0.15) is 10.6 Å². The van der Waals surface area contributed by atoms with E-state index in [-0.39, 0.29) is 11.2 Å². The van der Waals surface area contributed by atoms with Crippen molar-refractivity contribution >= 4 is 22.6 Å². The molecule has 0 atom stereocenters. The van der Waals surface area contributed by atoms with Crippen molar-refractivity contribution in [1.82, 2.24) is 4.98 Å².